The van der Waals surface area contributed by atoms with Crippen LogP contribution < -0.4 is 55.3 Å². The zero-order chi connectivity index (χ0) is 44.2. The monoisotopic (exact) mass is 831 g/mol. The van der Waals surface area contributed by atoms with Crippen LogP contribution in [-0.4, -0.2) is 118 Å². The number of fused-ring (bicyclic) bond motifs is 1. The molecule has 0 saturated carbocycles. The number of para-hydroxylation sites is 1. The number of hydrogen-bond donors (Lipinski definition) is 13. The van der Waals surface area contributed by atoms with Crippen LogP contribution in [0.25, 0.3) is 10.9 Å². The zero-order valence-electron chi connectivity index (χ0n) is 33.5. The van der Waals surface area contributed by atoms with Crippen molar-refractivity contribution in [1.29, 1.82) is 0 Å². The molecule has 0 radical (unpaired) electrons. The lowest BCUT2D eigenvalue weighted by atomic mass is 9.99. The summed E-state index contributed by atoms with van der Waals surface area (Å²) >= 11 is 0. The van der Waals surface area contributed by atoms with Gasteiger partial charge in [0, 0.05) is 36.5 Å². The molecule has 7 atom stereocenters. The Balaban J connectivity index is 2.44. The molecule has 1 aromatic carbocycles. The molecule has 21 heteroatoms. The molecule has 328 valence electrons. The number of aliphatic carboxylic acids is 1. The van der Waals surface area contributed by atoms with Gasteiger partial charge in [0.05, 0.1) is 18.6 Å². The van der Waals surface area contributed by atoms with Crippen LogP contribution in [0.1, 0.15) is 77.2 Å². The van der Waals surface area contributed by atoms with Crippen LogP contribution >= 0.6 is 0 Å². The van der Waals surface area contributed by atoms with E-state index in [1.54, 1.807) is 44.3 Å². The van der Waals surface area contributed by atoms with Gasteiger partial charge < -0.3 is 70.4 Å². The lowest BCUT2D eigenvalue weighted by Crippen LogP contribution is -2.60. The van der Waals surface area contributed by atoms with Gasteiger partial charge in [-0.3, -0.25) is 38.4 Å². The number of amides is 7. The number of rotatable bonds is 28. The number of carboxylic acids is 1. The summed E-state index contributed by atoms with van der Waals surface area (Å²) in [5, 5.41) is 32.6. The zero-order valence-corrected chi connectivity index (χ0v) is 33.5. The molecule has 18 N–H and O–H groups in total. The number of carbonyl (C=O) groups excluding carboxylic acids is 7. The maximum Gasteiger partial charge on any atom is 0.305 e. The smallest absolute Gasteiger partial charge is 0.305 e. The van der Waals surface area contributed by atoms with Crippen LogP contribution in [0.5, 0.6) is 0 Å². The number of aliphatic hydroxyl groups is 1. The van der Waals surface area contributed by atoms with Crippen molar-refractivity contribution in [3.63, 3.8) is 0 Å². The predicted molar refractivity (Wildman–Crippen MR) is 216 cm³/mol. The maximum atomic E-state index is 14.2. The van der Waals surface area contributed by atoms with Gasteiger partial charge in [-0.15, -0.1) is 0 Å². The Hall–Kier alpha value is -5.64. The Bertz CT molecular complexity index is 1750. The van der Waals surface area contributed by atoms with Crippen molar-refractivity contribution in [2.75, 3.05) is 13.1 Å². The number of carboxylic acid groups (broad SMARTS) is 1. The van der Waals surface area contributed by atoms with Gasteiger partial charge in [-0.05, 0) is 69.0 Å². The average molecular weight is 832 g/mol. The first-order valence-corrected chi connectivity index (χ1v) is 19.6. The second-order valence-corrected chi connectivity index (χ2v) is 14.9. The summed E-state index contributed by atoms with van der Waals surface area (Å²) in [6.45, 7) is 3.79. The van der Waals surface area contributed by atoms with Crippen molar-refractivity contribution >= 4 is 58.2 Å². The van der Waals surface area contributed by atoms with E-state index in [2.05, 4.69) is 31.6 Å². The molecule has 0 aliphatic carbocycles. The molecule has 21 nitrogen and oxygen atoms in total. The van der Waals surface area contributed by atoms with Crippen molar-refractivity contribution < 1.29 is 48.6 Å². The number of aromatic nitrogens is 1. The third-order valence-electron chi connectivity index (χ3n) is 9.42. The summed E-state index contributed by atoms with van der Waals surface area (Å²) in [6, 6.07) is -1.01. The second-order valence-electron chi connectivity index (χ2n) is 14.9. The minimum Gasteiger partial charge on any atom is -0.481 e. The standard InChI is InChI=1S/C38H61N11O10/c1-20(2)15-28(48-38(59)30(17-32(52)53)47-34(55)24(41)11-10-22(50)18-40)36(57)49-29(16-21-19-44-25-8-4-3-7-23(21)25)37(58)46-27(12-13-31(42)51)35(56)45-26(33(43)54)9-5-6-14-39/h3-4,7-8,19-20,22,24,26-30,44,50H,5-6,9-18,39-41H2,1-2H3,(H2,42,51)(H2,43,54)(H,45,56)(H,46,58)(H,47,55)(H,48,59)(H,49,57)(H,52,53)/t22-,24+,26+,27+,28+,29+,30+/m1/s1. The van der Waals surface area contributed by atoms with Crippen LogP contribution in [0, 0.1) is 5.92 Å². The van der Waals surface area contributed by atoms with E-state index in [1.807, 2.05) is 0 Å². The van der Waals surface area contributed by atoms with E-state index >= 15 is 0 Å². The highest BCUT2D eigenvalue weighted by Crippen LogP contribution is 2.20. The van der Waals surface area contributed by atoms with Crippen LogP contribution in [0.2, 0.25) is 0 Å². The number of aliphatic hydroxyl groups excluding tert-OH is 1. The van der Waals surface area contributed by atoms with Gasteiger partial charge in [-0.2, -0.15) is 0 Å². The number of primary amides is 2. The number of nitrogens with one attached hydrogen (secondary N) is 6. The highest BCUT2D eigenvalue weighted by atomic mass is 16.4. The lowest BCUT2D eigenvalue weighted by Gasteiger charge is -2.27. The molecule has 0 aliphatic heterocycles. The van der Waals surface area contributed by atoms with E-state index in [4.69, 9.17) is 28.7 Å². The summed E-state index contributed by atoms with van der Waals surface area (Å²) in [5.74, 6) is -7.72. The van der Waals surface area contributed by atoms with E-state index in [9.17, 15) is 48.6 Å². The molecule has 2 rings (SSSR count). The molecule has 2 aromatic rings. The molecule has 1 heterocycles. The Kier molecular flexibility index (Phi) is 21.0. The van der Waals surface area contributed by atoms with Crippen LogP contribution in [-0.2, 0) is 44.8 Å². The van der Waals surface area contributed by atoms with Crippen molar-refractivity contribution in [2.45, 2.75) is 120 Å². The normalized spacial score (nSPS) is 14.8. The Morgan fingerprint density at radius 2 is 1.29 bits per heavy atom. The number of carbonyl (C=O) groups is 8. The first-order valence-electron chi connectivity index (χ1n) is 19.6. The summed E-state index contributed by atoms with van der Waals surface area (Å²) in [6.07, 6.45) is 0.367. The molecule has 0 fully saturated rings. The van der Waals surface area contributed by atoms with E-state index in [0.29, 0.717) is 24.9 Å². The Morgan fingerprint density at radius 1 is 0.712 bits per heavy atom. The maximum absolute atomic E-state index is 14.2. The fraction of sp³-hybridized carbons (Fsp3) is 0.579. The highest BCUT2D eigenvalue weighted by Gasteiger charge is 2.34. The van der Waals surface area contributed by atoms with Crippen LogP contribution in [0.4, 0.5) is 0 Å². The summed E-state index contributed by atoms with van der Waals surface area (Å²) < 4.78 is 0. The topological polar surface area (TPSA) is 383 Å². The van der Waals surface area contributed by atoms with Gasteiger partial charge >= 0.3 is 5.97 Å². The number of nitrogens with two attached hydrogens (primary N) is 5. The molecule has 7 amide bonds. The minimum absolute atomic E-state index is 0.00549. The molecule has 1 aromatic heterocycles. The van der Waals surface area contributed by atoms with Crippen LogP contribution in [0.15, 0.2) is 30.5 Å². The molecule has 0 spiro atoms. The molecule has 59 heavy (non-hydrogen) atoms. The lowest BCUT2D eigenvalue weighted by molar-refractivity contribution is -0.141. The molecule has 0 saturated heterocycles. The number of benzene rings is 1. The number of unbranched alkanes of at least 4 members (excludes halogenated alkanes) is 1. The second kappa shape index (κ2) is 25.0. The Labute approximate surface area is 342 Å². The first kappa shape index (κ1) is 49.5. The van der Waals surface area contributed by atoms with Crippen molar-refractivity contribution in [1.82, 2.24) is 31.6 Å². The van der Waals surface area contributed by atoms with Crippen LogP contribution in [0.3, 0.4) is 0 Å². The fourth-order valence-electron chi connectivity index (χ4n) is 6.14. The number of aromatic amines is 1. The van der Waals surface area contributed by atoms with E-state index in [-0.39, 0.29) is 57.4 Å². The largest absolute Gasteiger partial charge is 0.481 e. The van der Waals surface area contributed by atoms with Gasteiger partial charge in [-0.1, -0.05) is 32.0 Å². The van der Waals surface area contributed by atoms with Crippen molar-refractivity contribution in [3.05, 3.63) is 36.0 Å². The third-order valence-corrected chi connectivity index (χ3v) is 9.42. The van der Waals surface area contributed by atoms with Gasteiger partial charge in [-0.25, -0.2) is 0 Å². The van der Waals surface area contributed by atoms with Gasteiger partial charge in [0.2, 0.25) is 41.4 Å². The van der Waals surface area contributed by atoms with E-state index in [0.717, 1.165) is 10.9 Å². The van der Waals surface area contributed by atoms with E-state index in [1.165, 1.54) is 0 Å². The van der Waals surface area contributed by atoms with Gasteiger partial charge in [0.1, 0.15) is 30.2 Å². The predicted octanol–water partition coefficient (Wildman–Crippen LogP) is -3.04. The average Bonchev–Trinajstić information content (AvgIpc) is 3.58. The first-order chi connectivity index (χ1) is 27.9. The van der Waals surface area contributed by atoms with Crippen molar-refractivity contribution in [3.8, 4) is 0 Å². The van der Waals surface area contributed by atoms with E-state index < -0.39 is 96.1 Å². The summed E-state index contributed by atoms with van der Waals surface area (Å²) in [4.78, 5) is 107. The molecular formula is C38H61N11O10. The van der Waals surface area contributed by atoms with Crippen molar-refractivity contribution in [2.24, 2.45) is 34.6 Å². The number of hydrogen-bond acceptors (Lipinski definition) is 12. The molecule has 0 unspecified atom stereocenters. The number of H-pyrrole nitrogens is 1. The molecule has 0 bridgehead atoms. The molecular weight excluding hydrogens is 770 g/mol. The summed E-state index contributed by atoms with van der Waals surface area (Å²) in [5.41, 5.74) is 29.1. The minimum atomic E-state index is -1.66. The summed E-state index contributed by atoms with van der Waals surface area (Å²) in [7, 11) is 0. The third kappa shape index (κ3) is 17.4. The van der Waals surface area contributed by atoms with Gasteiger partial charge in [0.15, 0.2) is 0 Å². The highest BCUT2D eigenvalue weighted by molar-refractivity contribution is 5.98. The quantitative estimate of drug-likeness (QED) is 0.0380. The SMILES string of the molecule is CC(C)C[C@H](NC(=O)[C@H](CC(=O)O)NC(=O)[C@@H](N)CC[C@@H](O)CN)C(=O)N[C@@H](Cc1c[nH]c2ccccc12)C(=O)N[C@@H](CCC(N)=O)C(=O)N[C@@H](CCCCN)C(N)=O. The molecule has 0 aliphatic rings. The fourth-order valence-corrected chi connectivity index (χ4v) is 6.14. The Morgan fingerprint density at radius 3 is 1.90 bits per heavy atom. The van der Waals surface area contributed by atoms with Gasteiger partial charge in [0.25, 0.3) is 0 Å².